The molecule has 0 bridgehead atoms. The maximum absolute atomic E-state index is 13.4. The third-order valence-corrected chi connectivity index (χ3v) is 8.56. The van der Waals surface area contributed by atoms with Crippen molar-refractivity contribution in [2.45, 2.75) is 77.7 Å². The molecule has 3 N–H and O–H groups in total. The molecule has 1 amide bonds. The molecule has 2 atom stereocenters. The highest BCUT2D eigenvalue weighted by Crippen LogP contribution is 2.60. The molecular formula is C31H36N4O4. The third-order valence-electron chi connectivity index (χ3n) is 8.56. The van der Waals surface area contributed by atoms with Gasteiger partial charge >= 0.3 is 11.9 Å². The van der Waals surface area contributed by atoms with Crippen molar-refractivity contribution in [3.05, 3.63) is 46.6 Å². The first-order valence-corrected chi connectivity index (χ1v) is 13.7. The zero-order valence-corrected chi connectivity index (χ0v) is 23.1. The van der Waals surface area contributed by atoms with E-state index in [0.29, 0.717) is 42.4 Å². The first kappa shape index (κ1) is 26.7. The summed E-state index contributed by atoms with van der Waals surface area (Å²) < 4.78 is 6.14. The lowest BCUT2D eigenvalue weighted by molar-refractivity contribution is -0.146. The second kappa shape index (κ2) is 10.4. The van der Waals surface area contributed by atoms with Crippen LogP contribution >= 0.6 is 0 Å². The summed E-state index contributed by atoms with van der Waals surface area (Å²) >= 11 is 0. The minimum atomic E-state index is -0.732. The number of amides is 1. The Bertz CT molecular complexity index is 1400. The first-order valence-electron chi connectivity index (χ1n) is 13.7. The van der Waals surface area contributed by atoms with Crippen LogP contribution in [0.1, 0.15) is 80.2 Å². The molecule has 3 aliphatic rings. The molecule has 0 aliphatic heterocycles. The summed E-state index contributed by atoms with van der Waals surface area (Å²) in [6, 6.07) is 7.76. The fourth-order valence-corrected chi connectivity index (χ4v) is 5.96. The van der Waals surface area contributed by atoms with Crippen molar-refractivity contribution in [2.24, 2.45) is 11.3 Å². The number of nitrogens with one attached hydrogen (secondary N) is 2. The van der Waals surface area contributed by atoms with Gasteiger partial charge in [-0.25, -0.2) is 4.98 Å². The number of carboxylic acids is 1. The van der Waals surface area contributed by atoms with Gasteiger partial charge < -0.3 is 15.2 Å². The predicted molar refractivity (Wildman–Crippen MR) is 151 cm³/mol. The minimum absolute atomic E-state index is 0.0905. The van der Waals surface area contributed by atoms with Gasteiger partial charge in [-0.2, -0.15) is 0 Å². The van der Waals surface area contributed by atoms with Crippen molar-refractivity contribution >= 4 is 35.0 Å². The highest BCUT2D eigenvalue weighted by molar-refractivity contribution is 6.11. The Kier molecular flexibility index (Phi) is 7.11. The van der Waals surface area contributed by atoms with Crippen molar-refractivity contribution in [1.29, 1.82) is 5.41 Å². The summed E-state index contributed by atoms with van der Waals surface area (Å²) in [7, 11) is 1.75. The molecule has 2 unspecified atom stereocenters. The average molecular weight is 529 g/mol. The van der Waals surface area contributed by atoms with Crippen LogP contribution in [-0.4, -0.2) is 41.0 Å². The number of carboxylic acid groups (broad SMARTS) is 1. The van der Waals surface area contributed by atoms with Crippen LogP contribution in [-0.2, 0) is 14.3 Å². The molecule has 39 heavy (non-hydrogen) atoms. The van der Waals surface area contributed by atoms with Gasteiger partial charge in [-0.3, -0.25) is 19.9 Å². The van der Waals surface area contributed by atoms with E-state index in [9.17, 15) is 14.7 Å². The van der Waals surface area contributed by atoms with E-state index in [0.717, 1.165) is 42.5 Å². The summed E-state index contributed by atoms with van der Waals surface area (Å²) in [4.78, 5) is 31.5. The SMILES string of the molecule is CC#CC(=O)N(c1ccc(NC)c(C(=N)OC2CCC(C(=O)O)C3(CC3)C2)n1)c1cc(C)c(C)cc1C1CC1. The van der Waals surface area contributed by atoms with Crippen LogP contribution in [0.3, 0.4) is 0 Å². The van der Waals surface area contributed by atoms with Crippen molar-refractivity contribution < 1.29 is 19.4 Å². The first-order chi connectivity index (χ1) is 18.7. The van der Waals surface area contributed by atoms with Crippen LogP contribution in [0.15, 0.2) is 24.3 Å². The number of anilines is 3. The van der Waals surface area contributed by atoms with Gasteiger partial charge in [0.2, 0.25) is 5.90 Å². The number of aryl methyl sites for hydroxylation is 2. The number of aliphatic carboxylic acids is 1. The molecule has 3 saturated carbocycles. The maximum atomic E-state index is 13.4. The second-order valence-electron chi connectivity index (χ2n) is 11.2. The molecule has 1 heterocycles. The van der Waals surface area contributed by atoms with Crippen LogP contribution in [0, 0.1) is 42.4 Å². The Morgan fingerprint density at radius 2 is 1.87 bits per heavy atom. The van der Waals surface area contributed by atoms with Crippen LogP contribution in [0.4, 0.5) is 17.2 Å². The predicted octanol–water partition coefficient (Wildman–Crippen LogP) is 5.68. The Balaban J connectivity index is 1.48. The van der Waals surface area contributed by atoms with Crippen LogP contribution in [0.5, 0.6) is 0 Å². The van der Waals surface area contributed by atoms with E-state index in [2.05, 4.69) is 30.1 Å². The van der Waals surface area contributed by atoms with Gasteiger partial charge in [-0.05, 0) is 118 Å². The average Bonchev–Trinajstić information content (AvgIpc) is 3.84. The van der Waals surface area contributed by atoms with Gasteiger partial charge in [-0.1, -0.05) is 12.0 Å². The number of carbonyl (C=O) groups excluding carboxylic acids is 1. The monoisotopic (exact) mass is 528 g/mol. The Morgan fingerprint density at radius 1 is 1.15 bits per heavy atom. The maximum Gasteiger partial charge on any atom is 0.308 e. The molecule has 1 spiro atoms. The summed E-state index contributed by atoms with van der Waals surface area (Å²) in [6.07, 6.45) is 5.47. The lowest BCUT2D eigenvalue weighted by Crippen LogP contribution is -2.36. The van der Waals surface area contributed by atoms with Gasteiger partial charge in [0, 0.05) is 7.05 Å². The molecule has 3 fully saturated rings. The van der Waals surface area contributed by atoms with E-state index in [1.807, 2.05) is 13.0 Å². The summed E-state index contributed by atoms with van der Waals surface area (Å²) in [5.74, 6) is 4.65. The Labute approximate surface area is 229 Å². The topological polar surface area (TPSA) is 116 Å². The summed E-state index contributed by atoms with van der Waals surface area (Å²) in [5.41, 5.74) is 4.85. The fourth-order valence-electron chi connectivity index (χ4n) is 5.96. The van der Waals surface area contributed by atoms with Crippen molar-refractivity contribution in [3.8, 4) is 11.8 Å². The number of carbonyl (C=O) groups is 2. The second-order valence-corrected chi connectivity index (χ2v) is 11.2. The number of hydrogen-bond acceptors (Lipinski definition) is 6. The summed E-state index contributed by atoms with van der Waals surface area (Å²) in [5, 5.41) is 21.6. The van der Waals surface area contributed by atoms with Crippen molar-refractivity contribution in [2.75, 3.05) is 17.3 Å². The lowest BCUT2D eigenvalue weighted by atomic mass is 9.75. The van der Waals surface area contributed by atoms with Crippen molar-refractivity contribution in [3.63, 3.8) is 0 Å². The van der Waals surface area contributed by atoms with Gasteiger partial charge in [0.15, 0.2) is 0 Å². The molecule has 0 radical (unpaired) electrons. The minimum Gasteiger partial charge on any atom is -0.481 e. The van der Waals surface area contributed by atoms with Crippen molar-refractivity contribution in [1.82, 2.24) is 4.98 Å². The molecule has 2 aromatic rings. The lowest BCUT2D eigenvalue weighted by Gasteiger charge is -2.34. The standard InChI is InChI=1S/C31H36N4O4/c1-5-6-27(36)35(25-16-19(3)18(2)15-22(25)20-7-8-20)26-12-11-24(33-4)28(34-26)29(32)39-21-9-10-23(30(37)38)31(17-21)13-14-31/h11-12,15-16,20-21,23,32-33H,7-10,13-14,17H2,1-4H3,(H,37,38). The number of nitrogens with zero attached hydrogens (tertiary/aromatic N) is 2. The molecule has 204 valence electrons. The third kappa shape index (κ3) is 5.23. The van der Waals surface area contributed by atoms with E-state index < -0.39 is 5.97 Å². The number of ether oxygens (including phenoxy) is 1. The van der Waals surface area contributed by atoms with E-state index in [4.69, 9.17) is 15.1 Å². The molecule has 3 aliphatic carbocycles. The molecule has 8 heteroatoms. The number of benzene rings is 1. The highest BCUT2D eigenvalue weighted by Gasteiger charge is 2.56. The van der Waals surface area contributed by atoms with Crippen LogP contribution in [0.25, 0.3) is 0 Å². The molecule has 1 aromatic heterocycles. The Morgan fingerprint density at radius 3 is 2.49 bits per heavy atom. The van der Waals surface area contributed by atoms with Crippen LogP contribution in [0.2, 0.25) is 0 Å². The molecule has 1 aromatic carbocycles. The fraction of sp³-hybridized carbons (Fsp3) is 0.484. The van der Waals surface area contributed by atoms with Gasteiger partial charge in [0.05, 0.1) is 17.3 Å². The molecule has 5 rings (SSSR count). The highest BCUT2D eigenvalue weighted by atomic mass is 16.5. The van der Waals surface area contributed by atoms with E-state index in [1.165, 1.54) is 5.56 Å². The normalized spacial score (nSPS) is 20.9. The number of pyridine rings is 1. The number of hydrogen-bond donors (Lipinski definition) is 3. The number of aromatic nitrogens is 1. The van der Waals surface area contributed by atoms with Gasteiger partial charge in [0.25, 0.3) is 0 Å². The largest absolute Gasteiger partial charge is 0.481 e. The number of rotatable bonds is 7. The van der Waals surface area contributed by atoms with E-state index in [1.54, 1.807) is 31.0 Å². The summed E-state index contributed by atoms with van der Waals surface area (Å²) in [6.45, 7) is 5.74. The quantitative estimate of drug-likeness (QED) is 0.242. The molecule has 8 nitrogen and oxygen atoms in total. The van der Waals surface area contributed by atoms with E-state index >= 15 is 0 Å². The smallest absolute Gasteiger partial charge is 0.308 e. The molecular weight excluding hydrogens is 492 g/mol. The van der Waals surface area contributed by atoms with Gasteiger partial charge in [-0.15, -0.1) is 0 Å². The van der Waals surface area contributed by atoms with E-state index in [-0.39, 0.29) is 29.2 Å². The Hall–Kier alpha value is -3.86. The van der Waals surface area contributed by atoms with Crippen LogP contribution < -0.4 is 10.2 Å². The van der Waals surface area contributed by atoms with Gasteiger partial charge in [0.1, 0.15) is 17.6 Å². The zero-order valence-electron chi connectivity index (χ0n) is 23.1. The molecule has 0 saturated heterocycles. The zero-order chi connectivity index (χ0) is 27.9.